The first-order valence-electron chi connectivity index (χ1n) is 3.77. The molecular formula is C9H9FO2S. The molecule has 0 saturated heterocycles. The molecule has 4 heteroatoms. The fourth-order valence-electron chi connectivity index (χ4n) is 0.918. The van der Waals surface area contributed by atoms with Gasteiger partial charge in [-0.3, -0.25) is 4.79 Å². The van der Waals surface area contributed by atoms with Gasteiger partial charge in [0.2, 0.25) is 0 Å². The predicted molar refractivity (Wildman–Crippen MR) is 49.6 cm³/mol. The summed E-state index contributed by atoms with van der Waals surface area (Å²) in [7, 11) is 0. The minimum absolute atomic E-state index is 0.0305. The van der Waals surface area contributed by atoms with Gasteiger partial charge in [0.1, 0.15) is 5.82 Å². The normalized spacial score (nSPS) is 10.0. The first-order valence-corrected chi connectivity index (χ1v) is 4.75. The van der Waals surface area contributed by atoms with Crippen molar-refractivity contribution in [3.63, 3.8) is 0 Å². The first-order chi connectivity index (χ1) is 6.29. The molecule has 0 spiro atoms. The SMILES string of the molecule is O=Cc1cccc(F)c1SCCO. The molecule has 0 heterocycles. The number of hydrogen-bond donors (Lipinski definition) is 1. The molecule has 1 aromatic carbocycles. The highest BCUT2D eigenvalue weighted by atomic mass is 32.2. The number of aliphatic hydroxyl groups excluding tert-OH is 1. The number of carbonyl (C=O) groups is 1. The molecule has 0 atom stereocenters. The molecule has 1 rings (SSSR count). The lowest BCUT2D eigenvalue weighted by atomic mass is 10.2. The van der Waals surface area contributed by atoms with Crippen molar-refractivity contribution in [2.45, 2.75) is 4.90 Å². The zero-order chi connectivity index (χ0) is 9.68. The summed E-state index contributed by atoms with van der Waals surface area (Å²) in [6.07, 6.45) is 0.614. The van der Waals surface area contributed by atoms with Crippen LogP contribution >= 0.6 is 11.8 Å². The molecule has 13 heavy (non-hydrogen) atoms. The molecule has 70 valence electrons. The van der Waals surface area contributed by atoms with E-state index in [1.165, 1.54) is 12.1 Å². The van der Waals surface area contributed by atoms with Gasteiger partial charge < -0.3 is 5.11 Å². The monoisotopic (exact) mass is 200 g/mol. The minimum Gasteiger partial charge on any atom is -0.396 e. The minimum atomic E-state index is -0.414. The van der Waals surface area contributed by atoms with Crippen LogP contribution in [0.4, 0.5) is 4.39 Å². The highest BCUT2D eigenvalue weighted by Crippen LogP contribution is 2.24. The Balaban J connectivity index is 2.93. The van der Waals surface area contributed by atoms with E-state index in [4.69, 9.17) is 5.11 Å². The summed E-state index contributed by atoms with van der Waals surface area (Å²) in [5, 5.41) is 8.55. The maximum absolute atomic E-state index is 13.1. The van der Waals surface area contributed by atoms with Crippen molar-refractivity contribution in [1.29, 1.82) is 0 Å². The third kappa shape index (κ3) is 2.54. The fraction of sp³-hybridized carbons (Fsp3) is 0.222. The molecule has 2 nitrogen and oxygen atoms in total. The summed E-state index contributed by atoms with van der Waals surface area (Å²) < 4.78 is 13.1. The second-order valence-electron chi connectivity index (χ2n) is 2.35. The topological polar surface area (TPSA) is 37.3 Å². The number of aliphatic hydroxyl groups is 1. The van der Waals surface area contributed by atoms with Crippen LogP contribution in [0.2, 0.25) is 0 Å². The Morgan fingerprint density at radius 3 is 2.92 bits per heavy atom. The molecule has 0 amide bonds. The van der Waals surface area contributed by atoms with E-state index in [1.807, 2.05) is 0 Å². The van der Waals surface area contributed by atoms with Crippen LogP contribution in [-0.4, -0.2) is 23.8 Å². The standard InChI is InChI=1S/C9H9FO2S/c10-8-3-1-2-7(6-12)9(8)13-5-4-11/h1-3,6,11H,4-5H2. The predicted octanol–water partition coefficient (Wildman–Crippen LogP) is 1.72. The quantitative estimate of drug-likeness (QED) is 0.594. The van der Waals surface area contributed by atoms with Crippen LogP contribution in [0.3, 0.4) is 0 Å². The van der Waals surface area contributed by atoms with E-state index in [0.29, 0.717) is 22.5 Å². The number of benzene rings is 1. The van der Waals surface area contributed by atoms with Crippen molar-refractivity contribution in [2.24, 2.45) is 0 Å². The molecule has 0 bridgehead atoms. The lowest BCUT2D eigenvalue weighted by molar-refractivity contribution is 0.112. The van der Waals surface area contributed by atoms with Gasteiger partial charge in [-0.15, -0.1) is 11.8 Å². The maximum Gasteiger partial charge on any atom is 0.151 e. The molecule has 0 fully saturated rings. The van der Waals surface area contributed by atoms with E-state index in [2.05, 4.69) is 0 Å². The van der Waals surface area contributed by atoms with Crippen LogP contribution in [-0.2, 0) is 0 Å². The smallest absolute Gasteiger partial charge is 0.151 e. The Kier molecular flexibility index (Phi) is 3.92. The van der Waals surface area contributed by atoms with E-state index in [1.54, 1.807) is 6.07 Å². The molecule has 0 aliphatic carbocycles. The average Bonchev–Trinajstić information content (AvgIpc) is 2.15. The van der Waals surface area contributed by atoms with Gasteiger partial charge in [0, 0.05) is 11.3 Å². The van der Waals surface area contributed by atoms with Gasteiger partial charge in [-0.1, -0.05) is 12.1 Å². The van der Waals surface area contributed by atoms with Gasteiger partial charge in [-0.25, -0.2) is 4.39 Å². The first kappa shape index (κ1) is 10.2. The van der Waals surface area contributed by atoms with Gasteiger partial charge in [0.15, 0.2) is 6.29 Å². The van der Waals surface area contributed by atoms with Gasteiger partial charge in [0.05, 0.1) is 11.5 Å². The molecule has 0 saturated carbocycles. The van der Waals surface area contributed by atoms with E-state index in [9.17, 15) is 9.18 Å². The van der Waals surface area contributed by atoms with E-state index < -0.39 is 5.82 Å². The summed E-state index contributed by atoms with van der Waals surface area (Å²) in [6, 6.07) is 4.34. The third-order valence-electron chi connectivity index (χ3n) is 1.46. The Bertz CT molecular complexity index is 302. The fourth-order valence-corrected chi connectivity index (χ4v) is 1.70. The second-order valence-corrected chi connectivity index (χ2v) is 3.45. The molecule has 1 N–H and O–H groups in total. The van der Waals surface area contributed by atoms with E-state index in [0.717, 1.165) is 11.8 Å². The van der Waals surface area contributed by atoms with Crippen LogP contribution in [0.15, 0.2) is 23.1 Å². The van der Waals surface area contributed by atoms with Crippen molar-refractivity contribution in [2.75, 3.05) is 12.4 Å². The van der Waals surface area contributed by atoms with Gasteiger partial charge in [-0.05, 0) is 6.07 Å². The Morgan fingerprint density at radius 2 is 2.31 bits per heavy atom. The average molecular weight is 200 g/mol. The summed E-state index contributed by atoms with van der Waals surface area (Å²) in [5.74, 6) is -0.0232. The number of hydrogen-bond acceptors (Lipinski definition) is 3. The summed E-state index contributed by atoms with van der Waals surface area (Å²) >= 11 is 1.14. The number of thioether (sulfide) groups is 1. The zero-order valence-electron chi connectivity index (χ0n) is 6.87. The number of aldehydes is 1. The van der Waals surface area contributed by atoms with Crippen LogP contribution in [0, 0.1) is 5.82 Å². The van der Waals surface area contributed by atoms with E-state index >= 15 is 0 Å². The Morgan fingerprint density at radius 1 is 1.54 bits per heavy atom. The molecule has 0 unspecified atom stereocenters. The summed E-state index contributed by atoms with van der Waals surface area (Å²) in [4.78, 5) is 10.8. The van der Waals surface area contributed by atoms with Crippen molar-refractivity contribution < 1.29 is 14.3 Å². The van der Waals surface area contributed by atoms with Gasteiger partial charge in [0.25, 0.3) is 0 Å². The third-order valence-corrected chi connectivity index (χ3v) is 2.57. The van der Waals surface area contributed by atoms with Gasteiger partial charge in [-0.2, -0.15) is 0 Å². The molecular weight excluding hydrogens is 191 g/mol. The number of carbonyl (C=O) groups excluding carboxylic acids is 1. The highest BCUT2D eigenvalue weighted by Gasteiger charge is 2.07. The van der Waals surface area contributed by atoms with Crippen LogP contribution in [0.1, 0.15) is 10.4 Å². The lowest BCUT2D eigenvalue weighted by Crippen LogP contribution is -1.93. The molecule has 0 aromatic heterocycles. The largest absolute Gasteiger partial charge is 0.396 e. The van der Waals surface area contributed by atoms with Crippen LogP contribution in [0.5, 0.6) is 0 Å². The summed E-state index contributed by atoms with van der Waals surface area (Å²) in [6.45, 7) is -0.0305. The second kappa shape index (κ2) is 4.99. The van der Waals surface area contributed by atoms with E-state index in [-0.39, 0.29) is 6.61 Å². The van der Waals surface area contributed by atoms with Crippen LogP contribution in [0.25, 0.3) is 0 Å². The van der Waals surface area contributed by atoms with Crippen molar-refractivity contribution in [3.8, 4) is 0 Å². The Labute approximate surface area is 79.8 Å². The van der Waals surface area contributed by atoms with Crippen LogP contribution < -0.4 is 0 Å². The zero-order valence-corrected chi connectivity index (χ0v) is 7.68. The van der Waals surface area contributed by atoms with Crippen molar-refractivity contribution in [1.82, 2.24) is 0 Å². The van der Waals surface area contributed by atoms with Gasteiger partial charge >= 0.3 is 0 Å². The maximum atomic E-state index is 13.1. The number of halogens is 1. The number of rotatable bonds is 4. The van der Waals surface area contributed by atoms with Crippen molar-refractivity contribution >= 4 is 18.0 Å². The molecule has 0 radical (unpaired) electrons. The molecule has 0 aliphatic rings. The Hall–Kier alpha value is -0.870. The summed E-state index contributed by atoms with van der Waals surface area (Å²) in [5.41, 5.74) is 0.332. The molecule has 1 aromatic rings. The lowest BCUT2D eigenvalue weighted by Gasteiger charge is -2.03. The highest BCUT2D eigenvalue weighted by molar-refractivity contribution is 7.99. The van der Waals surface area contributed by atoms with Crippen molar-refractivity contribution in [3.05, 3.63) is 29.6 Å². The molecule has 0 aliphatic heterocycles.